The monoisotopic (exact) mass is 448 g/mol. The number of hydrogen-bond acceptors (Lipinski definition) is 8. The number of aromatic nitrogens is 2. The average Bonchev–Trinajstić information content (AvgIpc) is 2.80. The fourth-order valence-electron chi connectivity index (χ4n) is 3.43. The van der Waals surface area contributed by atoms with E-state index in [1.165, 1.54) is 32.2 Å². The molecule has 32 heavy (non-hydrogen) atoms. The van der Waals surface area contributed by atoms with Gasteiger partial charge in [0.05, 0.1) is 50.2 Å². The van der Waals surface area contributed by atoms with Gasteiger partial charge >= 0.3 is 0 Å². The first-order chi connectivity index (χ1) is 15.4. The van der Waals surface area contributed by atoms with Crippen molar-refractivity contribution in [1.82, 2.24) is 9.97 Å². The molecular weight excluding hydrogens is 422 g/mol. The number of anilines is 2. The van der Waals surface area contributed by atoms with Gasteiger partial charge in [-0.15, -0.1) is 0 Å². The Labute approximate surface area is 185 Å². The number of pyridine rings is 2. The fourth-order valence-corrected chi connectivity index (χ4v) is 3.43. The van der Waals surface area contributed by atoms with Crippen molar-refractivity contribution >= 4 is 22.9 Å². The Hall–Kier alpha value is -2.98. The minimum Gasteiger partial charge on any atom is -0.378 e. The summed E-state index contributed by atoms with van der Waals surface area (Å²) >= 11 is 0. The maximum atomic E-state index is 13.5. The highest BCUT2D eigenvalue weighted by molar-refractivity contribution is 5.97. The van der Waals surface area contributed by atoms with Gasteiger partial charge in [0.2, 0.25) is 0 Å². The number of rotatable bonds is 4. The number of ether oxygens (including phenoxy) is 2. The smallest absolute Gasteiger partial charge is 0.181 e. The Kier molecular flexibility index (Phi) is 8.18. The molecule has 0 aromatic carbocycles. The van der Waals surface area contributed by atoms with Crippen LogP contribution < -0.4 is 9.80 Å². The van der Waals surface area contributed by atoms with Crippen LogP contribution in [0.4, 0.5) is 20.2 Å². The van der Waals surface area contributed by atoms with Crippen LogP contribution in [0.15, 0.2) is 24.5 Å². The van der Waals surface area contributed by atoms with Crippen LogP contribution in [0.5, 0.6) is 0 Å². The standard InChI is InChI=1S/2C11H13FN2O2/c1-8(15)11-10(12)6-9(7-13-11)14-2-4-16-5-3-14;1-8(15)11-10(6-9(12)7-13-11)14-2-4-16-5-3-14/h2*6-7H,2-5H2,1H3. The summed E-state index contributed by atoms with van der Waals surface area (Å²) < 4.78 is 37.1. The molecule has 10 heteroatoms. The number of halogens is 2. The molecule has 2 saturated heterocycles. The van der Waals surface area contributed by atoms with E-state index < -0.39 is 11.6 Å². The normalized spacial score (nSPS) is 16.2. The Bertz CT molecular complexity index is 961. The number of carbonyl (C=O) groups is 2. The highest BCUT2D eigenvalue weighted by Gasteiger charge is 2.19. The molecule has 0 bridgehead atoms. The third kappa shape index (κ3) is 6.04. The average molecular weight is 448 g/mol. The summed E-state index contributed by atoms with van der Waals surface area (Å²) in [4.78, 5) is 34.0. The van der Waals surface area contributed by atoms with Gasteiger partial charge in [-0.3, -0.25) is 9.59 Å². The lowest BCUT2D eigenvalue weighted by Crippen LogP contribution is -2.37. The molecule has 0 saturated carbocycles. The van der Waals surface area contributed by atoms with Crippen LogP contribution in [-0.2, 0) is 9.47 Å². The van der Waals surface area contributed by atoms with Crippen molar-refractivity contribution in [3.63, 3.8) is 0 Å². The number of nitrogens with zero attached hydrogens (tertiary/aromatic N) is 4. The molecule has 0 atom stereocenters. The number of carbonyl (C=O) groups excluding carboxylic acids is 2. The van der Waals surface area contributed by atoms with Gasteiger partial charge in [0, 0.05) is 52.2 Å². The van der Waals surface area contributed by atoms with E-state index in [0.717, 1.165) is 19.3 Å². The number of Topliss-reactive ketones (excluding diaryl/α,β-unsaturated/α-hetero) is 2. The molecule has 2 aliphatic heterocycles. The van der Waals surface area contributed by atoms with E-state index >= 15 is 0 Å². The second-order valence-corrected chi connectivity index (χ2v) is 7.36. The maximum absolute atomic E-state index is 13.5. The molecule has 0 amide bonds. The Morgan fingerprint density at radius 2 is 1.34 bits per heavy atom. The predicted molar refractivity (Wildman–Crippen MR) is 114 cm³/mol. The largest absolute Gasteiger partial charge is 0.378 e. The first-order valence-electron chi connectivity index (χ1n) is 10.3. The van der Waals surface area contributed by atoms with Crippen LogP contribution in [0.25, 0.3) is 0 Å². The molecule has 0 aliphatic carbocycles. The maximum Gasteiger partial charge on any atom is 0.181 e. The first kappa shape index (κ1) is 23.7. The zero-order chi connectivity index (χ0) is 23.1. The van der Waals surface area contributed by atoms with Crippen molar-refractivity contribution in [3.05, 3.63) is 47.5 Å². The van der Waals surface area contributed by atoms with Crippen LogP contribution in [0, 0.1) is 11.6 Å². The lowest BCUT2D eigenvalue weighted by atomic mass is 10.2. The van der Waals surface area contributed by atoms with Gasteiger partial charge in [-0.25, -0.2) is 18.7 Å². The molecule has 2 fully saturated rings. The molecule has 0 N–H and O–H groups in total. The van der Waals surface area contributed by atoms with Crippen LogP contribution >= 0.6 is 0 Å². The highest BCUT2D eigenvalue weighted by atomic mass is 19.1. The Balaban J connectivity index is 0.000000181. The second-order valence-electron chi connectivity index (χ2n) is 7.36. The summed E-state index contributed by atoms with van der Waals surface area (Å²) in [6.45, 7) is 7.95. The molecule has 0 spiro atoms. The van der Waals surface area contributed by atoms with Gasteiger partial charge in [0.15, 0.2) is 17.4 Å². The van der Waals surface area contributed by atoms with Gasteiger partial charge in [-0.05, 0) is 0 Å². The quantitative estimate of drug-likeness (QED) is 0.660. The molecule has 4 heterocycles. The summed E-state index contributed by atoms with van der Waals surface area (Å²) in [6.07, 6.45) is 2.60. The van der Waals surface area contributed by atoms with E-state index in [2.05, 4.69) is 9.97 Å². The summed E-state index contributed by atoms with van der Waals surface area (Å²) in [7, 11) is 0. The minimum atomic E-state index is -0.559. The Morgan fingerprint density at radius 3 is 1.88 bits per heavy atom. The fraction of sp³-hybridized carbons (Fsp3) is 0.455. The Morgan fingerprint density at radius 1 is 0.812 bits per heavy atom. The zero-order valence-electron chi connectivity index (χ0n) is 18.1. The summed E-state index contributed by atoms with van der Waals surface area (Å²) in [5.41, 5.74) is 1.49. The van der Waals surface area contributed by atoms with Gasteiger partial charge in [-0.2, -0.15) is 0 Å². The highest BCUT2D eigenvalue weighted by Crippen LogP contribution is 2.21. The van der Waals surface area contributed by atoms with Crippen molar-refractivity contribution in [1.29, 1.82) is 0 Å². The molecule has 2 aliphatic rings. The molecule has 0 radical (unpaired) electrons. The van der Waals surface area contributed by atoms with Gasteiger partial charge in [0.25, 0.3) is 0 Å². The van der Waals surface area contributed by atoms with E-state index in [1.54, 1.807) is 0 Å². The van der Waals surface area contributed by atoms with E-state index in [9.17, 15) is 18.4 Å². The first-order valence-corrected chi connectivity index (χ1v) is 10.3. The molecule has 0 unspecified atom stereocenters. The predicted octanol–water partition coefficient (Wildman–Crippen LogP) is 2.52. The molecule has 2 aromatic rings. The topological polar surface area (TPSA) is 84.9 Å². The van der Waals surface area contributed by atoms with Crippen LogP contribution in [-0.4, -0.2) is 74.1 Å². The molecule has 8 nitrogen and oxygen atoms in total. The van der Waals surface area contributed by atoms with E-state index in [4.69, 9.17) is 9.47 Å². The van der Waals surface area contributed by atoms with Gasteiger partial charge < -0.3 is 19.3 Å². The minimum absolute atomic E-state index is 0.1000. The van der Waals surface area contributed by atoms with Gasteiger partial charge in [0.1, 0.15) is 17.2 Å². The zero-order valence-corrected chi connectivity index (χ0v) is 18.1. The van der Waals surface area contributed by atoms with Crippen molar-refractivity contribution < 1.29 is 27.8 Å². The number of morpholine rings is 2. The lowest BCUT2D eigenvalue weighted by Gasteiger charge is -2.29. The third-order valence-electron chi connectivity index (χ3n) is 5.06. The van der Waals surface area contributed by atoms with Crippen molar-refractivity contribution in [2.45, 2.75) is 13.8 Å². The summed E-state index contributed by atoms with van der Waals surface area (Å²) in [6, 6.07) is 2.71. The number of ketones is 2. The molecule has 2 aromatic heterocycles. The van der Waals surface area contributed by atoms with E-state index in [0.29, 0.717) is 56.6 Å². The SMILES string of the molecule is CC(=O)c1ncc(F)cc1N1CCOCC1.CC(=O)c1ncc(N2CCOCC2)cc1F. The van der Waals surface area contributed by atoms with Crippen molar-refractivity contribution in [2.75, 3.05) is 62.4 Å². The molecule has 4 rings (SSSR count). The van der Waals surface area contributed by atoms with E-state index in [-0.39, 0.29) is 17.3 Å². The van der Waals surface area contributed by atoms with Crippen LogP contribution in [0.3, 0.4) is 0 Å². The van der Waals surface area contributed by atoms with Crippen LogP contribution in [0.1, 0.15) is 34.8 Å². The molecular formula is C22H26F2N4O4. The van der Waals surface area contributed by atoms with Crippen molar-refractivity contribution in [2.24, 2.45) is 0 Å². The van der Waals surface area contributed by atoms with E-state index in [1.807, 2.05) is 9.80 Å². The van der Waals surface area contributed by atoms with Crippen LogP contribution in [0.2, 0.25) is 0 Å². The molecule has 172 valence electrons. The summed E-state index contributed by atoms with van der Waals surface area (Å²) in [5, 5.41) is 0. The second kappa shape index (κ2) is 11.1. The van der Waals surface area contributed by atoms with Crippen molar-refractivity contribution in [3.8, 4) is 0 Å². The third-order valence-corrected chi connectivity index (χ3v) is 5.06. The lowest BCUT2D eigenvalue weighted by molar-refractivity contribution is 0.0997. The van der Waals surface area contributed by atoms with Gasteiger partial charge in [-0.1, -0.05) is 0 Å². The number of hydrogen-bond donors (Lipinski definition) is 0. The summed E-state index contributed by atoms with van der Waals surface area (Å²) in [5.74, 6) is -1.49.